The number of fused-ring (bicyclic) bond motifs is 1. The maximum atomic E-state index is 5.92. The number of nitrogens with one attached hydrogen (secondary N) is 1. The number of hydrogen-bond donors (Lipinski definition) is 1. The first kappa shape index (κ1) is 13.7. The molecule has 0 aromatic heterocycles. The van der Waals surface area contributed by atoms with Crippen molar-refractivity contribution >= 4 is 0 Å². The van der Waals surface area contributed by atoms with Crippen LogP contribution in [0.4, 0.5) is 0 Å². The van der Waals surface area contributed by atoms with E-state index < -0.39 is 0 Å². The molecule has 2 unspecified atom stereocenters. The first-order valence-corrected chi connectivity index (χ1v) is 7.57. The third kappa shape index (κ3) is 2.91. The van der Waals surface area contributed by atoms with E-state index >= 15 is 0 Å². The van der Waals surface area contributed by atoms with Crippen molar-refractivity contribution in [3.05, 3.63) is 23.8 Å². The van der Waals surface area contributed by atoms with Crippen molar-refractivity contribution in [1.29, 1.82) is 0 Å². The summed E-state index contributed by atoms with van der Waals surface area (Å²) in [6.07, 6.45) is 4.71. The Balaban J connectivity index is 1.82. The summed E-state index contributed by atoms with van der Waals surface area (Å²) < 4.78 is 17.4. The molecule has 0 radical (unpaired) electrons. The molecule has 1 aromatic carbocycles. The van der Waals surface area contributed by atoms with Gasteiger partial charge < -0.3 is 19.5 Å². The molecule has 0 saturated carbocycles. The molecule has 4 heteroatoms. The lowest BCUT2D eigenvalue weighted by Crippen LogP contribution is -2.34. The summed E-state index contributed by atoms with van der Waals surface area (Å²) in [4.78, 5) is 0. The van der Waals surface area contributed by atoms with Crippen molar-refractivity contribution in [2.24, 2.45) is 0 Å². The van der Waals surface area contributed by atoms with Gasteiger partial charge in [0.15, 0.2) is 11.5 Å². The van der Waals surface area contributed by atoms with E-state index in [1.54, 1.807) is 0 Å². The summed E-state index contributed by atoms with van der Waals surface area (Å²) in [6, 6.07) is 6.45. The molecule has 0 spiro atoms. The summed E-state index contributed by atoms with van der Waals surface area (Å²) in [6.45, 7) is 2.32. The predicted octanol–water partition coefficient (Wildman–Crippen LogP) is 2.68. The minimum atomic E-state index is 0.215. The maximum absolute atomic E-state index is 5.92. The van der Waals surface area contributed by atoms with Crippen LogP contribution in [0.1, 0.15) is 37.3 Å². The Labute approximate surface area is 120 Å². The van der Waals surface area contributed by atoms with Gasteiger partial charge >= 0.3 is 0 Å². The normalized spacial score (nSPS) is 23.9. The number of rotatable bonds is 3. The number of likely N-dealkylation sites (N-methyl/N-ethyl adjacent to an activating group) is 1. The van der Waals surface area contributed by atoms with Crippen molar-refractivity contribution in [3.8, 4) is 11.5 Å². The summed E-state index contributed by atoms with van der Waals surface area (Å²) in [5, 5.41) is 3.39. The van der Waals surface area contributed by atoms with Crippen molar-refractivity contribution < 1.29 is 14.2 Å². The van der Waals surface area contributed by atoms with Crippen molar-refractivity contribution in [2.75, 3.05) is 26.9 Å². The summed E-state index contributed by atoms with van der Waals surface area (Å²) in [5.74, 6) is 1.71. The van der Waals surface area contributed by atoms with E-state index in [2.05, 4.69) is 17.4 Å². The molecule has 0 amide bonds. The lowest BCUT2D eigenvalue weighted by molar-refractivity contribution is -0.00666. The summed E-state index contributed by atoms with van der Waals surface area (Å²) in [5.41, 5.74) is 1.21. The molecule has 110 valence electrons. The minimum absolute atomic E-state index is 0.215. The molecular weight excluding hydrogens is 254 g/mol. The van der Waals surface area contributed by atoms with Crippen LogP contribution in [0.5, 0.6) is 11.5 Å². The molecular formula is C16H23NO3. The molecule has 1 fully saturated rings. The number of ether oxygens (including phenoxy) is 3. The molecule has 2 aliphatic heterocycles. The highest BCUT2D eigenvalue weighted by Crippen LogP contribution is 2.34. The molecule has 0 bridgehead atoms. The minimum Gasteiger partial charge on any atom is -0.490 e. The van der Waals surface area contributed by atoms with Gasteiger partial charge in [-0.15, -0.1) is 0 Å². The average Bonchev–Trinajstić information content (AvgIpc) is 2.74. The van der Waals surface area contributed by atoms with E-state index in [9.17, 15) is 0 Å². The van der Waals surface area contributed by atoms with Crippen LogP contribution < -0.4 is 14.8 Å². The molecule has 3 rings (SSSR count). The summed E-state index contributed by atoms with van der Waals surface area (Å²) >= 11 is 0. The molecule has 1 N–H and O–H groups in total. The molecule has 20 heavy (non-hydrogen) atoms. The zero-order chi connectivity index (χ0) is 13.8. The SMILES string of the molecule is CNC(c1ccc2c(c1)OCCCO2)C1CCCCO1. The fraction of sp³-hybridized carbons (Fsp3) is 0.625. The van der Waals surface area contributed by atoms with Crippen LogP contribution in [-0.2, 0) is 4.74 Å². The van der Waals surface area contributed by atoms with Gasteiger partial charge in [0.25, 0.3) is 0 Å². The van der Waals surface area contributed by atoms with Crippen LogP contribution in [-0.4, -0.2) is 33.0 Å². The van der Waals surface area contributed by atoms with E-state index in [-0.39, 0.29) is 12.1 Å². The fourth-order valence-electron chi connectivity index (χ4n) is 2.97. The highest BCUT2D eigenvalue weighted by molar-refractivity contribution is 5.44. The second-order valence-corrected chi connectivity index (χ2v) is 5.43. The number of benzene rings is 1. The van der Waals surface area contributed by atoms with Crippen molar-refractivity contribution in [3.63, 3.8) is 0 Å². The Morgan fingerprint density at radius 3 is 2.65 bits per heavy atom. The Bertz CT molecular complexity index is 443. The second kappa shape index (κ2) is 6.46. The smallest absolute Gasteiger partial charge is 0.161 e. The number of hydrogen-bond acceptors (Lipinski definition) is 4. The van der Waals surface area contributed by atoms with Gasteiger partial charge in [0.2, 0.25) is 0 Å². The quantitative estimate of drug-likeness (QED) is 0.922. The Morgan fingerprint density at radius 2 is 1.90 bits per heavy atom. The molecule has 2 heterocycles. The van der Waals surface area contributed by atoms with Crippen molar-refractivity contribution in [1.82, 2.24) is 5.32 Å². The van der Waals surface area contributed by atoms with E-state index in [0.717, 1.165) is 44.2 Å². The molecule has 1 aromatic rings. The molecule has 2 aliphatic rings. The van der Waals surface area contributed by atoms with Gasteiger partial charge in [0, 0.05) is 13.0 Å². The van der Waals surface area contributed by atoms with Gasteiger partial charge in [-0.05, 0) is 44.0 Å². The van der Waals surface area contributed by atoms with Crippen molar-refractivity contribution in [2.45, 2.75) is 37.8 Å². The Kier molecular flexibility index (Phi) is 4.43. The molecule has 0 aliphatic carbocycles. The lowest BCUT2D eigenvalue weighted by Gasteiger charge is -2.30. The standard InChI is InChI=1S/C16H23NO3/c1-17-16(14-5-2-3-8-19-14)12-6-7-13-15(11-12)20-10-4-9-18-13/h6-7,11,14,16-17H,2-5,8-10H2,1H3. The third-order valence-electron chi connectivity index (χ3n) is 4.03. The van der Waals surface area contributed by atoms with Gasteiger partial charge in [0.05, 0.1) is 25.4 Å². The highest BCUT2D eigenvalue weighted by atomic mass is 16.5. The first-order valence-electron chi connectivity index (χ1n) is 7.57. The van der Waals surface area contributed by atoms with Gasteiger partial charge in [-0.25, -0.2) is 0 Å². The van der Waals surface area contributed by atoms with Crippen LogP contribution in [0.15, 0.2) is 18.2 Å². The molecule has 1 saturated heterocycles. The predicted molar refractivity (Wildman–Crippen MR) is 77.4 cm³/mol. The van der Waals surface area contributed by atoms with Gasteiger partial charge in [0.1, 0.15) is 0 Å². The summed E-state index contributed by atoms with van der Waals surface area (Å²) in [7, 11) is 1.99. The van der Waals surface area contributed by atoms with Crippen LogP contribution in [0.25, 0.3) is 0 Å². The van der Waals surface area contributed by atoms with Gasteiger partial charge in [-0.1, -0.05) is 6.07 Å². The Hall–Kier alpha value is -1.26. The average molecular weight is 277 g/mol. The maximum Gasteiger partial charge on any atom is 0.161 e. The topological polar surface area (TPSA) is 39.7 Å². The van der Waals surface area contributed by atoms with E-state index in [0.29, 0.717) is 0 Å². The second-order valence-electron chi connectivity index (χ2n) is 5.43. The lowest BCUT2D eigenvalue weighted by atomic mass is 9.95. The van der Waals surface area contributed by atoms with E-state index in [1.807, 2.05) is 13.1 Å². The molecule has 2 atom stereocenters. The van der Waals surface area contributed by atoms with Crippen LogP contribution in [0.2, 0.25) is 0 Å². The van der Waals surface area contributed by atoms with Crippen LogP contribution in [0, 0.1) is 0 Å². The van der Waals surface area contributed by atoms with Gasteiger partial charge in [-0.2, -0.15) is 0 Å². The Morgan fingerprint density at radius 1 is 1.05 bits per heavy atom. The zero-order valence-corrected chi connectivity index (χ0v) is 12.1. The fourth-order valence-corrected chi connectivity index (χ4v) is 2.97. The zero-order valence-electron chi connectivity index (χ0n) is 12.1. The largest absolute Gasteiger partial charge is 0.490 e. The van der Waals surface area contributed by atoms with Crippen LogP contribution in [0.3, 0.4) is 0 Å². The third-order valence-corrected chi connectivity index (χ3v) is 4.03. The van der Waals surface area contributed by atoms with Gasteiger partial charge in [-0.3, -0.25) is 0 Å². The van der Waals surface area contributed by atoms with E-state index in [4.69, 9.17) is 14.2 Å². The first-order chi connectivity index (χ1) is 9.88. The highest BCUT2D eigenvalue weighted by Gasteiger charge is 2.25. The van der Waals surface area contributed by atoms with E-state index in [1.165, 1.54) is 18.4 Å². The monoisotopic (exact) mass is 277 g/mol. The van der Waals surface area contributed by atoms with Crippen LogP contribution >= 0.6 is 0 Å². The molecule has 4 nitrogen and oxygen atoms in total.